The largest absolute Gasteiger partial charge is 0.381 e. The molecule has 0 amide bonds. The minimum atomic E-state index is -2.02. The SMILES string of the molecule is Cn1cc(C(=O)C2CCOCC2)cc1C(=O)C(Cl)(Cl)Cl. The zero-order valence-electron chi connectivity index (χ0n) is 10.9. The van der Waals surface area contributed by atoms with Gasteiger partial charge < -0.3 is 9.30 Å². The van der Waals surface area contributed by atoms with Crippen molar-refractivity contribution in [3.63, 3.8) is 0 Å². The first kappa shape index (κ1) is 15.8. The summed E-state index contributed by atoms with van der Waals surface area (Å²) in [7, 11) is 1.64. The molecule has 7 heteroatoms. The van der Waals surface area contributed by atoms with Gasteiger partial charge in [-0.15, -0.1) is 0 Å². The molecule has 0 aromatic carbocycles. The average Bonchev–Trinajstić information content (AvgIpc) is 2.79. The van der Waals surface area contributed by atoms with Crippen LogP contribution in [0.3, 0.4) is 0 Å². The zero-order valence-corrected chi connectivity index (χ0v) is 13.1. The molecule has 0 bridgehead atoms. The van der Waals surface area contributed by atoms with Crippen LogP contribution in [0, 0.1) is 5.92 Å². The van der Waals surface area contributed by atoms with E-state index in [2.05, 4.69) is 0 Å². The third kappa shape index (κ3) is 3.37. The molecule has 4 nitrogen and oxygen atoms in total. The quantitative estimate of drug-likeness (QED) is 0.628. The lowest BCUT2D eigenvalue weighted by atomic mass is 9.92. The number of Topliss-reactive ketones (excluding diaryl/α,β-unsaturated/α-hetero) is 2. The summed E-state index contributed by atoms with van der Waals surface area (Å²) in [6.45, 7) is 1.17. The van der Waals surface area contributed by atoms with Gasteiger partial charge in [0.1, 0.15) is 0 Å². The van der Waals surface area contributed by atoms with Crippen molar-refractivity contribution in [3.8, 4) is 0 Å². The number of carbonyl (C=O) groups is 2. The van der Waals surface area contributed by atoms with Gasteiger partial charge in [0.2, 0.25) is 5.78 Å². The van der Waals surface area contributed by atoms with Crippen LogP contribution in [0.25, 0.3) is 0 Å². The number of hydrogen-bond acceptors (Lipinski definition) is 3. The van der Waals surface area contributed by atoms with Crippen molar-refractivity contribution >= 4 is 46.4 Å². The summed E-state index contributed by atoms with van der Waals surface area (Å²) in [5.41, 5.74) is 0.678. The van der Waals surface area contributed by atoms with Gasteiger partial charge >= 0.3 is 0 Å². The topological polar surface area (TPSA) is 48.3 Å². The molecule has 2 rings (SSSR count). The number of ketones is 2. The summed E-state index contributed by atoms with van der Waals surface area (Å²) in [5.74, 6) is -0.704. The van der Waals surface area contributed by atoms with Crippen LogP contribution >= 0.6 is 34.8 Å². The summed E-state index contributed by atoms with van der Waals surface area (Å²) in [6.07, 6.45) is 2.99. The van der Waals surface area contributed by atoms with Crippen LogP contribution in [0.15, 0.2) is 12.3 Å². The molecule has 1 fully saturated rings. The van der Waals surface area contributed by atoms with E-state index in [1.54, 1.807) is 13.2 Å². The van der Waals surface area contributed by atoms with Crippen LogP contribution in [-0.4, -0.2) is 33.1 Å². The van der Waals surface area contributed by atoms with Gasteiger partial charge in [-0.2, -0.15) is 0 Å². The Balaban J connectivity index is 2.22. The van der Waals surface area contributed by atoms with E-state index in [1.165, 1.54) is 10.6 Å². The van der Waals surface area contributed by atoms with E-state index in [4.69, 9.17) is 39.5 Å². The lowest BCUT2D eigenvalue weighted by Crippen LogP contribution is -2.23. The second-order valence-electron chi connectivity index (χ2n) is 4.80. The molecule has 0 atom stereocenters. The van der Waals surface area contributed by atoms with Crippen molar-refractivity contribution in [2.75, 3.05) is 13.2 Å². The standard InChI is InChI=1S/C13H14Cl3NO3/c1-17-7-9(6-10(17)12(19)13(14,15)16)11(18)8-2-4-20-5-3-8/h6-8H,2-5H2,1H3. The maximum atomic E-state index is 12.4. The highest BCUT2D eigenvalue weighted by atomic mass is 35.6. The van der Waals surface area contributed by atoms with Crippen molar-refractivity contribution in [3.05, 3.63) is 23.5 Å². The van der Waals surface area contributed by atoms with E-state index in [1.807, 2.05) is 0 Å². The Labute approximate surface area is 131 Å². The predicted octanol–water partition coefficient (Wildman–Crippen LogP) is 3.19. The molecule has 0 unspecified atom stereocenters. The predicted molar refractivity (Wildman–Crippen MR) is 77.9 cm³/mol. The highest BCUT2D eigenvalue weighted by Gasteiger charge is 2.34. The molecule has 1 aromatic heterocycles. The van der Waals surface area contributed by atoms with Crippen molar-refractivity contribution < 1.29 is 14.3 Å². The zero-order chi connectivity index (χ0) is 14.9. The molecule has 1 saturated heterocycles. The summed E-state index contributed by atoms with van der Waals surface area (Å²) in [4.78, 5) is 24.3. The molecule has 1 aromatic rings. The van der Waals surface area contributed by atoms with Crippen LogP contribution in [0.2, 0.25) is 0 Å². The molecule has 20 heavy (non-hydrogen) atoms. The Morgan fingerprint density at radius 1 is 1.30 bits per heavy atom. The van der Waals surface area contributed by atoms with Crippen molar-refractivity contribution in [1.82, 2.24) is 4.57 Å². The highest BCUT2D eigenvalue weighted by Crippen LogP contribution is 2.31. The minimum Gasteiger partial charge on any atom is -0.381 e. The average molecular weight is 339 g/mol. The summed E-state index contributed by atoms with van der Waals surface area (Å²) in [6, 6.07) is 1.49. The summed E-state index contributed by atoms with van der Waals surface area (Å²) < 4.78 is 4.72. The van der Waals surface area contributed by atoms with Gasteiger partial charge in [-0.3, -0.25) is 9.59 Å². The van der Waals surface area contributed by atoms with Crippen LogP contribution in [-0.2, 0) is 11.8 Å². The third-order valence-corrected chi connectivity index (χ3v) is 3.89. The molecular weight excluding hydrogens is 325 g/mol. The number of rotatable bonds is 3. The molecule has 2 heterocycles. The molecule has 0 aliphatic carbocycles. The maximum Gasteiger partial charge on any atom is 0.255 e. The number of carbonyl (C=O) groups excluding carboxylic acids is 2. The van der Waals surface area contributed by atoms with Crippen molar-refractivity contribution in [1.29, 1.82) is 0 Å². The third-order valence-electron chi connectivity index (χ3n) is 3.37. The Morgan fingerprint density at radius 2 is 1.90 bits per heavy atom. The fourth-order valence-electron chi connectivity index (χ4n) is 2.27. The fraction of sp³-hybridized carbons (Fsp3) is 0.538. The van der Waals surface area contributed by atoms with Gasteiger partial charge in [0, 0.05) is 37.9 Å². The number of alkyl halides is 3. The van der Waals surface area contributed by atoms with Crippen LogP contribution < -0.4 is 0 Å². The van der Waals surface area contributed by atoms with Gasteiger partial charge in [-0.05, 0) is 18.9 Å². The first-order valence-corrected chi connectivity index (χ1v) is 7.34. The Morgan fingerprint density at radius 3 is 2.45 bits per heavy atom. The number of aryl methyl sites for hydroxylation is 1. The smallest absolute Gasteiger partial charge is 0.255 e. The Hall–Kier alpha value is -0.550. The van der Waals surface area contributed by atoms with Gasteiger partial charge in [0.25, 0.3) is 3.79 Å². The van der Waals surface area contributed by atoms with Crippen LogP contribution in [0.4, 0.5) is 0 Å². The molecule has 0 N–H and O–H groups in total. The Bertz CT molecular complexity index is 527. The number of ether oxygens (including phenoxy) is 1. The number of halogens is 3. The summed E-state index contributed by atoms with van der Waals surface area (Å²) in [5, 5.41) is 0. The van der Waals surface area contributed by atoms with E-state index in [-0.39, 0.29) is 17.4 Å². The fourth-order valence-corrected chi connectivity index (χ4v) is 2.56. The van der Waals surface area contributed by atoms with E-state index in [0.717, 1.165) is 0 Å². The number of hydrogen-bond donors (Lipinski definition) is 0. The first-order valence-electron chi connectivity index (χ1n) is 6.20. The van der Waals surface area contributed by atoms with Gasteiger partial charge in [-0.25, -0.2) is 0 Å². The molecule has 1 aliphatic heterocycles. The van der Waals surface area contributed by atoms with E-state index in [0.29, 0.717) is 31.6 Å². The lowest BCUT2D eigenvalue weighted by molar-refractivity contribution is 0.0545. The minimum absolute atomic E-state index is 0.00673. The summed E-state index contributed by atoms with van der Waals surface area (Å²) >= 11 is 16.8. The molecule has 1 aliphatic rings. The molecular formula is C13H14Cl3NO3. The van der Waals surface area contributed by atoms with Gasteiger partial charge in [0.15, 0.2) is 5.78 Å². The lowest BCUT2D eigenvalue weighted by Gasteiger charge is -2.20. The van der Waals surface area contributed by atoms with E-state index < -0.39 is 9.58 Å². The van der Waals surface area contributed by atoms with Crippen molar-refractivity contribution in [2.45, 2.75) is 16.6 Å². The highest BCUT2D eigenvalue weighted by molar-refractivity contribution is 6.77. The van der Waals surface area contributed by atoms with Crippen molar-refractivity contribution in [2.24, 2.45) is 13.0 Å². The van der Waals surface area contributed by atoms with Crippen LogP contribution in [0.1, 0.15) is 33.7 Å². The monoisotopic (exact) mass is 337 g/mol. The van der Waals surface area contributed by atoms with E-state index in [9.17, 15) is 9.59 Å². The number of nitrogens with zero attached hydrogens (tertiary/aromatic N) is 1. The molecule has 0 spiro atoms. The number of aromatic nitrogens is 1. The Kier molecular flexibility index (Phi) is 4.80. The van der Waals surface area contributed by atoms with Gasteiger partial charge in [0.05, 0.1) is 5.69 Å². The van der Waals surface area contributed by atoms with Gasteiger partial charge in [-0.1, -0.05) is 34.8 Å². The van der Waals surface area contributed by atoms with E-state index >= 15 is 0 Å². The first-order chi connectivity index (χ1) is 9.30. The second-order valence-corrected chi connectivity index (χ2v) is 7.08. The second kappa shape index (κ2) is 6.06. The van der Waals surface area contributed by atoms with Crippen LogP contribution in [0.5, 0.6) is 0 Å². The maximum absolute atomic E-state index is 12.4. The molecule has 0 radical (unpaired) electrons. The normalized spacial score (nSPS) is 17.2. The molecule has 110 valence electrons. The molecule has 0 saturated carbocycles.